The number of imide groups is 1. The molecule has 7 heteroatoms. The molecule has 3 heterocycles. The third kappa shape index (κ3) is 1.88. The fourth-order valence-corrected chi connectivity index (χ4v) is 5.01. The van der Waals surface area contributed by atoms with Crippen molar-refractivity contribution in [2.75, 3.05) is 4.90 Å². The molecule has 0 spiro atoms. The highest BCUT2D eigenvalue weighted by Crippen LogP contribution is 2.58. The minimum absolute atomic E-state index is 0.0197. The Kier molecular flexibility index (Phi) is 2.74. The van der Waals surface area contributed by atoms with Crippen molar-refractivity contribution in [3.8, 4) is 0 Å². The van der Waals surface area contributed by atoms with Crippen molar-refractivity contribution in [2.24, 2.45) is 0 Å². The second-order valence-corrected chi connectivity index (χ2v) is 8.02. The van der Waals surface area contributed by atoms with E-state index in [9.17, 15) is 9.59 Å². The minimum Gasteiger partial charge on any atom is -0.344 e. The minimum atomic E-state index is -0.604. The van der Waals surface area contributed by atoms with Gasteiger partial charge in [0.25, 0.3) is 11.8 Å². The molecular weight excluding hydrogens is 346 g/mol. The number of carbonyl (C=O) groups excluding carboxylic acids is 2. The largest absolute Gasteiger partial charge is 0.344 e. The van der Waals surface area contributed by atoms with Crippen LogP contribution in [0.3, 0.4) is 0 Å². The van der Waals surface area contributed by atoms with Crippen LogP contribution >= 0.6 is 0 Å². The number of ether oxygens (including phenoxy) is 2. The quantitative estimate of drug-likeness (QED) is 0.724. The average Bonchev–Trinajstić information content (AvgIpc) is 3.33. The highest BCUT2D eigenvalue weighted by Gasteiger charge is 2.60. The molecule has 7 nitrogen and oxygen atoms in total. The van der Waals surface area contributed by atoms with Crippen LogP contribution in [0.5, 0.6) is 0 Å². The third-order valence-corrected chi connectivity index (χ3v) is 6.04. The highest BCUT2D eigenvalue weighted by molar-refractivity contribution is 6.33. The second-order valence-electron chi connectivity index (χ2n) is 8.02. The molecule has 1 saturated heterocycles. The standard InChI is InChI=1S/C20H17N3O4/c1-20(2)26-15-11-7-12(16(15)27-20)14-13(11)8-21-19(22-14)23-17(24)9-5-3-4-6-10(9)18(23)25/h3-6,8,11-12,15-16H,7H2,1-2H3/t11-,12+,15-,16+/m1/s1. The second kappa shape index (κ2) is 4.79. The van der Waals surface area contributed by atoms with Crippen molar-refractivity contribution in [1.29, 1.82) is 0 Å². The Morgan fingerprint density at radius 3 is 2.33 bits per heavy atom. The topological polar surface area (TPSA) is 81.6 Å². The van der Waals surface area contributed by atoms with E-state index < -0.39 is 5.79 Å². The van der Waals surface area contributed by atoms with Crippen molar-refractivity contribution >= 4 is 17.8 Å². The van der Waals surface area contributed by atoms with Gasteiger partial charge in [-0.05, 0) is 38.0 Å². The van der Waals surface area contributed by atoms with E-state index in [0.29, 0.717) is 11.1 Å². The van der Waals surface area contributed by atoms with E-state index in [2.05, 4.69) is 9.97 Å². The van der Waals surface area contributed by atoms with Crippen LogP contribution in [0.15, 0.2) is 30.5 Å². The molecule has 2 fully saturated rings. The predicted molar refractivity (Wildman–Crippen MR) is 93.5 cm³/mol. The number of hydrogen-bond donors (Lipinski definition) is 0. The summed E-state index contributed by atoms with van der Waals surface area (Å²) in [6.45, 7) is 3.84. The fraction of sp³-hybridized carbons (Fsp3) is 0.400. The van der Waals surface area contributed by atoms with E-state index in [1.54, 1.807) is 30.5 Å². The van der Waals surface area contributed by atoms with Crippen molar-refractivity contribution in [2.45, 2.75) is 50.1 Å². The number of fused-ring (bicyclic) bond motifs is 9. The number of amides is 2. The van der Waals surface area contributed by atoms with Gasteiger partial charge in [-0.1, -0.05) is 12.1 Å². The Labute approximate surface area is 155 Å². The molecule has 1 saturated carbocycles. The van der Waals surface area contributed by atoms with Crippen molar-refractivity contribution in [3.63, 3.8) is 0 Å². The maximum absolute atomic E-state index is 12.7. The first-order valence-corrected chi connectivity index (χ1v) is 9.15. The van der Waals surface area contributed by atoms with Gasteiger partial charge in [0.2, 0.25) is 5.95 Å². The first-order chi connectivity index (χ1) is 12.9. The van der Waals surface area contributed by atoms with Gasteiger partial charge < -0.3 is 9.47 Å². The van der Waals surface area contributed by atoms with E-state index >= 15 is 0 Å². The summed E-state index contributed by atoms with van der Waals surface area (Å²) in [4.78, 5) is 35.5. The summed E-state index contributed by atoms with van der Waals surface area (Å²) < 4.78 is 12.2. The summed E-state index contributed by atoms with van der Waals surface area (Å²) in [5.74, 6) is -0.909. The molecule has 2 aromatic rings. The van der Waals surface area contributed by atoms with Gasteiger partial charge in [-0.15, -0.1) is 0 Å². The molecule has 0 unspecified atom stereocenters. The molecule has 2 amide bonds. The predicted octanol–water partition coefficient (Wildman–Crippen LogP) is 2.38. The molecule has 4 aliphatic rings. The van der Waals surface area contributed by atoms with Crippen LogP contribution in [-0.4, -0.2) is 39.8 Å². The van der Waals surface area contributed by atoms with E-state index in [4.69, 9.17) is 9.47 Å². The lowest BCUT2D eigenvalue weighted by atomic mass is 9.92. The number of nitrogens with zero attached hydrogens (tertiary/aromatic N) is 3. The molecule has 6 rings (SSSR count). The van der Waals surface area contributed by atoms with Gasteiger partial charge >= 0.3 is 0 Å². The van der Waals surface area contributed by atoms with Gasteiger partial charge in [-0.25, -0.2) is 14.9 Å². The summed E-state index contributed by atoms with van der Waals surface area (Å²) in [6.07, 6.45) is 2.63. The van der Waals surface area contributed by atoms with E-state index in [-0.39, 0.29) is 41.8 Å². The summed E-state index contributed by atoms with van der Waals surface area (Å²) >= 11 is 0. The summed E-state index contributed by atoms with van der Waals surface area (Å²) in [6, 6.07) is 6.80. The average molecular weight is 363 g/mol. The molecule has 0 radical (unpaired) electrons. The fourth-order valence-electron chi connectivity index (χ4n) is 5.01. The van der Waals surface area contributed by atoms with Crippen molar-refractivity contribution in [1.82, 2.24) is 9.97 Å². The summed E-state index contributed by atoms with van der Waals surface area (Å²) in [5, 5.41) is 0. The number of rotatable bonds is 1. The number of hydrogen-bond acceptors (Lipinski definition) is 6. The van der Waals surface area contributed by atoms with Crippen LogP contribution in [0.4, 0.5) is 5.95 Å². The SMILES string of the molecule is CC1(C)O[C@@H]2[C@H](O1)[C@@H]1C[C@H]2c2nc(N3C(=O)c4ccccc4C3=O)ncc21. The van der Waals surface area contributed by atoms with Crippen LogP contribution in [0.1, 0.15) is 64.1 Å². The maximum atomic E-state index is 12.7. The zero-order valence-electron chi connectivity index (χ0n) is 14.9. The van der Waals surface area contributed by atoms with Crippen LogP contribution in [0, 0.1) is 0 Å². The number of anilines is 1. The van der Waals surface area contributed by atoms with E-state index in [1.165, 1.54) is 0 Å². The van der Waals surface area contributed by atoms with Gasteiger partial charge in [0.15, 0.2) is 5.79 Å². The van der Waals surface area contributed by atoms with Gasteiger partial charge in [-0.3, -0.25) is 9.59 Å². The molecular formula is C20H17N3O4. The van der Waals surface area contributed by atoms with E-state index in [1.807, 2.05) is 13.8 Å². The lowest BCUT2D eigenvalue weighted by Gasteiger charge is -2.24. The Bertz CT molecular complexity index is 999. The van der Waals surface area contributed by atoms with Gasteiger partial charge in [0.05, 0.1) is 29.0 Å². The molecule has 2 aliphatic heterocycles. The van der Waals surface area contributed by atoms with Gasteiger partial charge in [0.1, 0.15) is 0 Å². The van der Waals surface area contributed by atoms with Crippen molar-refractivity contribution < 1.29 is 19.1 Å². The first-order valence-electron chi connectivity index (χ1n) is 9.15. The first kappa shape index (κ1) is 15.4. The smallest absolute Gasteiger partial charge is 0.268 e. The van der Waals surface area contributed by atoms with Crippen LogP contribution in [-0.2, 0) is 9.47 Å². The molecule has 2 bridgehead atoms. The normalized spacial score (nSPS) is 32.0. The molecule has 1 aromatic heterocycles. The molecule has 27 heavy (non-hydrogen) atoms. The van der Waals surface area contributed by atoms with Crippen LogP contribution in [0.25, 0.3) is 0 Å². The lowest BCUT2D eigenvalue weighted by Crippen LogP contribution is -2.33. The molecule has 2 aliphatic carbocycles. The number of benzene rings is 1. The third-order valence-electron chi connectivity index (χ3n) is 6.04. The molecule has 1 aromatic carbocycles. The Morgan fingerprint density at radius 2 is 1.67 bits per heavy atom. The Balaban J connectivity index is 1.40. The van der Waals surface area contributed by atoms with Crippen LogP contribution in [0.2, 0.25) is 0 Å². The Hall–Kier alpha value is -2.64. The highest BCUT2D eigenvalue weighted by atomic mass is 16.8. The van der Waals surface area contributed by atoms with Gasteiger partial charge in [0, 0.05) is 18.0 Å². The number of carbonyl (C=O) groups is 2. The van der Waals surface area contributed by atoms with Crippen molar-refractivity contribution in [3.05, 3.63) is 52.8 Å². The summed E-state index contributed by atoms with van der Waals surface area (Å²) in [7, 11) is 0. The Morgan fingerprint density at radius 1 is 1.04 bits per heavy atom. The summed E-state index contributed by atoms with van der Waals surface area (Å²) in [5.41, 5.74) is 2.71. The lowest BCUT2D eigenvalue weighted by molar-refractivity contribution is -0.153. The maximum Gasteiger partial charge on any atom is 0.268 e. The zero-order chi connectivity index (χ0) is 18.5. The zero-order valence-corrected chi connectivity index (χ0v) is 14.9. The monoisotopic (exact) mass is 363 g/mol. The molecule has 136 valence electrons. The van der Waals surface area contributed by atoms with E-state index in [0.717, 1.165) is 22.6 Å². The molecule has 4 atom stereocenters. The van der Waals surface area contributed by atoms with Gasteiger partial charge in [-0.2, -0.15) is 0 Å². The number of aromatic nitrogens is 2. The van der Waals surface area contributed by atoms with Crippen LogP contribution < -0.4 is 4.90 Å². The molecule has 0 N–H and O–H groups in total.